The number of aryl methyl sites for hydroxylation is 2. The van der Waals surface area contributed by atoms with Gasteiger partial charge in [0.25, 0.3) is 0 Å². The molecule has 1 N–H and O–H groups in total. The monoisotopic (exact) mass is 346 g/mol. The summed E-state index contributed by atoms with van der Waals surface area (Å²) >= 11 is 1.56. The summed E-state index contributed by atoms with van der Waals surface area (Å²) in [5.41, 5.74) is 3.19. The van der Waals surface area contributed by atoms with Crippen LogP contribution in [0.2, 0.25) is 0 Å². The second-order valence-electron chi connectivity index (χ2n) is 5.94. The summed E-state index contributed by atoms with van der Waals surface area (Å²) < 4.78 is 5.79. The predicted octanol–water partition coefficient (Wildman–Crippen LogP) is 4.36. The summed E-state index contributed by atoms with van der Waals surface area (Å²) in [5.74, 6) is 2.66. The van der Waals surface area contributed by atoms with Gasteiger partial charge in [-0.25, -0.2) is 4.98 Å². The minimum atomic E-state index is 0.0749. The van der Waals surface area contributed by atoms with Gasteiger partial charge in [-0.2, -0.15) is 0 Å². The molecule has 0 aliphatic carbocycles. The number of benzene rings is 1. The van der Waals surface area contributed by atoms with E-state index in [0.717, 1.165) is 29.9 Å². The molecule has 2 rings (SSSR count). The lowest BCUT2D eigenvalue weighted by Crippen LogP contribution is -2.33. The van der Waals surface area contributed by atoms with Crippen molar-refractivity contribution >= 4 is 17.7 Å². The van der Waals surface area contributed by atoms with E-state index >= 15 is 0 Å². The third kappa shape index (κ3) is 5.13. The lowest BCUT2D eigenvalue weighted by atomic mass is 10.1. The molecule has 0 fully saturated rings. The average Bonchev–Trinajstić information content (AvgIpc) is 2.95. The van der Waals surface area contributed by atoms with E-state index in [1.165, 1.54) is 5.56 Å². The van der Waals surface area contributed by atoms with Crippen LogP contribution in [0.4, 0.5) is 0 Å². The van der Waals surface area contributed by atoms with Gasteiger partial charge >= 0.3 is 0 Å². The molecule has 1 atom stereocenters. The average molecular weight is 346 g/mol. The Balaban J connectivity index is 1.92. The number of amides is 1. The number of hydrogen-bond acceptors (Lipinski definition) is 4. The molecule has 0 bridgehead atoms. The van der Waals surface area contributed by atoms with E-state index in [1.807, 2.05) is 26.0 Å². The first kappa shape index (κ1) is 18.6. The Morgan fingerprint density at radius 1 is 1.29 bits per heavy atom. The summed E-state index contributed by atoms with van der Waals surface area (Å²) in [5, 5.41) is 2.97. The molecule has 2 aromatic rings. The van der Waals surface area contributed by atoms with Crippen molar-refractivity contribution in [2.75, 3.05) is 5.75 Å². The number of hydrogen-bond donors (Lipinski definition) is 1. The Hall–Kier alpha value is -1.75. The zero-order chi connectivity index (χ0) is 17.5. The number of aromatic nitrogens is 1. The second kappa shape index (κ2) is 8.92. The number of nitrogens with zero attached hydrogens (tertiary/aromatic N) is 1. The summed E-state index contributed by atoms with van der Waals surface area (Å²) in [4.78, 5) is 16.4. The van der Waals surface area contributed by atoms with Crippen molar-refractivity contribution in [3.8, 4) is 11.5 Å². The van der Waals surface area contributed by atoms with Gasteiger partial charge in [-0.3, -0.25) is 4.79 Å². The third-order valence-corrected chi connectivity index (χ3v) is 4.94. The van der Waals surface area contributed by atoms with Crippen molar-refractivity contribution < 1.29 is 9.21 Å². The Morgan fingerprint density at radius 2 is 2.00 bits per heavy atom. The van der Waals surface area contributed by atoms with Crippen LogP contribution < -0.4 is 5.32 Å². The third-order valence-electron chi connectivity index (χ3n) is 3.99. The van der Waals surface area contributed by atoms with Crippen LogP contribution in [0.1, 0.15) is 44.2 Å². The van der Waals surface area contributed by atoms with Gasteiger partial charge in [0.2, 0.25) is 11.8 Å². The van der Waals surface area contributed by atoms with Gasteiger partial charge in [-0.1, -0.05) is 26.0 Å². The molecule has 130 valence electrons. The van der Waals surface area contributed by atoms with Crippen LogP contribution in [0, 0.1) is 6.92 Å². The topological polar surface area (TPSA) is 55.1 Å². The van der Waals surface area contributed by atoms with Crippen LogP contribution in [0.15, 0.2) is 28.7 Å². The fourth-order valence-corrected chi connectivity index (χ4v) is 3.06. The molecule has 1 aromatic carbocycles. The van der Waals surface area contributed by atoms with Crippen LogP contribution in [0.3, 0.4) is 0 Å². The fraction of sp³-hybridized carbons (Fsp3) is 0.474. The van der Waals surface area contributed by atoms with Crippen molar-refractivity contribution in [2.24, 2.45) is 0 Å². The van der Waals surface area contributed by atoms with E-state index in [4.69, 9.17) is 4.42 Å². The minimum Gasteiger partial charge on any atom is -0.441 e. The lowest BCUT2D eigenvalue weighted by molar-refractivity contribution is -0.119. The van der Waals surface area contributed by atoms with Crippen molar-refractivity contribution in [1.29, 1.82) is 0 Å². The van der Waals surface area contributed by atoms with Gasteiger partial charge in [0.15, 0.2) is 0 Å². The standard InChI is InChI=1S/C19H26N2O2S/c1-5-13(3)20-18(22)12-24-11-17-14(4)23-19(21-17)16-9-7-15(6-2)8-10-16/h7-10,13H,5-6,11-12H2,1-4H3,(H,20,22)/t13-/m1/s1. The highest BCUT2D eigenvalue weighted by Gasteiger charge is 2.12. The molecule has 0 aliphatic rings. The van der Waals surface area contributed by atoms with E-state index in [2.05, 4.69) is 36.3 Å². The van der Waals surface area contributed by atoms with Gasteiger partial charge in [0, 0.05) is 17.4 Å². The van der Waals surface area contributed by atoms with Gasteiger partial charge in [-0.05, 0) is 44.4 Å². The number of rotatable bonds is 8. The molecule has 5 heteroatoms. The minimum absolute atomic E-state index is 0.0749. The van der Waals surface area contributed by atoms with Crippen molar-refractivity contribution in [3.05, 3.63) is 41.3 Å². The number of thioether (sulfide) groups is 1. The number of oxazole rings is 1. The van der Waals surface area contributed by atoms with E-state index in [0.29, 0.717) is 17.4 Å². The van der Waals surface area contributed by atoms with E-state index in [1.54, 1.807) is 11.8 Å². The van der Waals surface area contributed by atoms with E-state index in [9.17, 15) is 4.79 Å². The molecule has 4 nitrogen and oxygen atoms in total. The van der Waals surface area contributed by atoms with Crippen molar-refractivity contribution in [2.45, 2.75) is 52.3 Å². The molecule has 0 saturated carbocycles. The van der Waals surface area contributed by atoms with Crippen LogP contribution in [-0.4, -0.2) is 22.7 Å². The molecule has 0 radical (unpaired) electrons. The Kier molecular flexibility index (Phi) is 6.91. The van der Waals surface area contributed by atoms with Gasteiger partial charge in [0.1, 0.15) is 5.76 Å². The Morgan fingerprint density at radius 3 is 2.62 bits per heavy atom. The smallest absolute Gasteiger partial charge is 0.230 e. The van der Waals surface area contributed by atoms with Crippen LogP contribution in [0.25, 0.3) is 11.5 Å². The van der Waals surface area contributed by atoms with Crippen molar-refractivity contribution in [3.63, 3.8) is 0 Å². The first-order valence-electron chi connectivity index (χ1n) is 8.46. The zero-order valence-electron chi connectivity index (χ0n) is 14.9. The quantitative estimate of drug-likeness (QED) is 0.771. The molecule has 0 spiro atoms. The van der Waals surface area contributed by atoms with Crippen LogP contribution in [-0.2, 0) is 17.0 Å². The van der Waals surface area contributed by atoms with Crippen LogP contribution in [0.5, 0.6) is 0 Å². The second-order valence-corrected chi connectivity index (χ2v) is 6.93. The first-order chi connectivity index (χ1) is 11.5. The maximum absolute atomic E-state index is 11.8. The molecular weight excluding hydrogens is 320 g/mol. The molecule has 24 heavy (non-hydrogen) atoms. The maximum Gasteiger partial charge on any atom is 0.230 e. The molecular formula is C19H26N2O2S. The van der Waals surface area contributed by atoms with E-state index < -0.39 is 0 Å². The first-order valence-corrected chi connectivity index (χ1v) is 9.61. The maximum atomic E-state index is 11.8. The normalized spacial score (nSPS) is 12.2. The highest BCUT2D eigenvalue weighted by Crippen LogP contribution is 2.24. The highest BCUT2D eigenvalue weighted by atomic mass is 32.2. The lowest BCUT2D eigenvalue weighted by Gasteiger charge is -2.10. The summed E-state index contributed by atoms with van der Waals surface area (Å²) in [6.45, 7) is 8.13. The largest absolute Gasteiger partial charge is 0.441 e. The molecule has 0 unspecified atom stereocenters. The molecule has 0 saturated heterocycles. The molecule has 0 aliphatic heterocycles. The SMILES string of the molecule is CCc1ccc(-c2nc(CSCC(=O)N[C@H](C)CC)c(C)o2)cc1. The van der Waals surface area contributed by atoms with E-state index in [-0.39, 0.29) is 11.9 Å². The number of carbonyl (C=O) groups excluding carboxylic acids is 1. The molecule has 1 aromatic heterocycles. The van der Waals surface area contributed by atoms with Crippen LogP contribution >= 0.6 is 11.8 Å². The summed E-state index contributed by atoms with van der Waals surface area (Å²) in [6, 6.07) is 8.51. The van der Waals surface area contributed by atoms with Crippen molar-refractivity contribution in [1.82, 2.24) is 10.3 Å². The van der Waals surface area contributed by atoms with Gasteiger partial charge < -0.3 is 9.73 Å². The van der Waals surface area contributed by atoms with Gasteiger partial charge in [0.05, 0.1) is 11.4 Å². The van der Waals surface area contributed by atoms with Gasteiger partial charge in [-0.15, -0.1) is 11.8 Å². The Labute approximate surface area is 148 Å². The summed E-state index contributed by atoms with van der Waals surface area (Å²) in [6.07, 6.45) is 1.96. The molecule has 1 amide bonds. The fourth-order valence-electron chi connectivity index (χ4n) is 2.23. The summed E-state index contributed by atoms with van der Waals surface area (Å²) in [7, 11) is 0. The predicted molar refractivity (Wildman–Crippen MR) is 100 cm³/mol. The zero-order valence-corrected chi connectivity index (χ0v) is 15.7. The number of nitrogens with one attached hydrogen (secondary N) is 1. The molecule has 1 heterocycles. The number of carbonyl (C=O) groups is 1. The highest BCUT2D eigenvalue weighted by molar-refractivity contribution is 7.99. The Bertz CT molecular complexity index is 665.